The Kier molecular flexibility index (Phi) is 7.16. The van der Waals surface area contributed by atoms with Gasteiger partial charge in [-0.2, -0.15) is 0 Å². The van der Waals surface area contributed by atoms with E-state index in [1.165, 1.54) is 4.31 Å². The molecule has 3 rings (SSSR count). The molecular formula is C21H25ClN2O4S. The molecule has 0 radical (unpaired) electrons. The minimum Gasteiger partial charge on any atom is -0.497 e. The molecular weight excluding hydrogens is 412 g/mol. The summed E-state index contributed by atoms with van der Waals surface area (Å²) in [7, 11) is -1.80. The van der Waals surface area contributed by atoms with Crippen molar-refractivity contribution in [3.05, 3.63) is 64.7 Å². The first-order valence-electron chi connectivity index (χ1n) is 9.50. The average molecular weight is 437 g/mol. The van der Waals surface area contributed by atoms with Crippen LogP contribution in [-0.2, 0) is 27.1 Å². The Labute approximate surface area is 176 Å². The van der Waals surface area contributed by atoms with E-state index in [2.05, 4.69) is 5.32 Å². The highest BCUT2D eigenvalue weighted by atomic mass is 35.5. The van der Waals surface area contributed by atoms with Crippen LogP contribution >= 0.6 is 11.6 Å². The van der Waals surface area contributed by atoms with Crippen molar-refractivity contribution in [2.75, 3.05) is 20.2 Å². The van der Waals surface area contributed by atoms with Gasteiger partial charge in [-0.1, -0.05) is 35.9 Å². The number of nitrogens with zero attached hydrogens (tertiary/aromatic N) is 1. The van der Waals surface area contributed by atoms with Crippen molar-refractivity contribution in [1.82, 2.24) is 9.62 Å². The van der Waals surface area contributed by atoms with Gasteiger partial charge in [0.1, 0.15) is 5.75 Å². The highest BCUT2D eigenvalue weighted by Crippen LogP contribution is 2.22. The van der Waals surface area contributed by atoms with E-state index in [1.54, 1.807) is 31.4 Å². The molecule has 156 valence electrons. The highest BCUT2D eigenvalue weighted by molar-refractivity contribution is 7.88. The lowest BCUT2D eigenvalue weighted by atomic mass is 9.97. The van der Waals surface area contributed by atoms with Crippen LogP contribution in [0.5, 0.6) is 5.75 Å². The average Bonchev–Trinajstić information content (AvgIpc) is 2.74. The molecule has 1 heterocycles. The lowest BCUT2D eigenvalue weighted by Gasteiger charge is -2.30. The van der Waals surface area contributed by atoms with Crippen molar-refractivity contribution in [3.63, 3.8) is 0 Å². The van der Waals surface area contributed by atoms with Crippen molar-refractivity contribution in [2.24, 2.45) is 5.92 Å². The highest BCUT2D eigenvalue weighted by Gasteiger charge is 2.31. The molecule has 2 aromatic rings. The number of halogens is 1. The van der Waals surface area contributed by atoms with E-state index < -0.39 is 10.0 Å². The number of amides is 1. The van der Waals surface area contributed by atoms with E-state index in [0.29, 0.717) is 43.1 Å². The van der Waals surface area contributed by atoms with E-state index in [-0.39, 0.29) is 17.6 Å². The SMILES string of the molecule is COc1ccc(CNC(=O)C2CCN(S(=O)(=O)Cc3ccc(Cl)cc3)CC2)cc1. The summed E-state index contributed by atoms with van der Waals surface area (Å²) in [5, 5.41) is 3.52. The van der Waals surface area contributed by atoms with Gasteiger partial charge >= 0.3 is 0 Å². The molecule has 1 aliphatic rings. The zero-order chi connectivity index (χ0) is 20.9. The third-order valence-corrected chi connectivity index (χ3v) is 7.21. The second-order valence-electron chi connectivity index (χ2n) is 7.12. The predicted octanol–water partition coefficient (Wildman–Crippen LogP) is 3.21. The maximum Gasteiger partial charge on any atom is 0.223 e. The lowest BCUT2D eigenvalue weighted by molar-refractivity contribution is -0.126. The summed E-state index contributed by atoms with van der Waals surface area (Å²) in [5.74, 6) is 0.511. The van der Waals surface area contributed by atoms with Crippen LogP contribution in [0.15, 0.2) is 48.5 Å². The van der Waals surface area contributed by atoms with Crippen LogP contribution in [0.1, 0.15) is 24.0 Å². The molecule has 0 bridgehead atoms. The minimum absolute atomic E-state index is 0.0319. The number of hydrogen-bond donors (Lipinski definition) is 1. The zero-order valence-corrected chi connectivity index (χ0v) is 17.9. The molecule has 0 saturated carbocycles. The van der Waals surface area contributed by atoms with E-state index in [4.69, 9.17) is 16.3 Å². The first-order valence-corrected chi connectivity index (χ1v) is 11.5. The van der Waals surface area contributed by atoms with Gasteiger partial charge in [0, 0.05) is 30.6 Å². The van der Waals surface area contributed by atoms with Gasteiger partial charge in [0.2, 0.25) is 15.9 Å². The summed E-state index contributed by atoms with van der Waals surface area (Å²) >= 11 is 5.85. The van der Waals surface area contributed by atoms with Crippen molar-refractivity contribution in [2.45, 2.75) is 25.1 Å². The number of carbonyl (C=O) groups excluding carboxylic acids is 1. The Balaban J connectivity index is 1.48. The largest absolute Gasteiger partial charge is 0.497 e. The smallest absolute Gasteiger partial charge is 0.223 e. The molecule has 1 N–H and O–H groups in total. The van der Waals surface area contributed by atoms with Gasteiger partial charge in [-0.3, -0.25) is 4.79 Å². The maximum absolute atomic E-state index is 12.7. The molecule has 6 nitrogen and oxygen atoms in total. The van der Waals surface area contributed by atoms with Crippen LogP contribution in [0.3, 0.4) is 0 Å². The fourth-order valence-corrected chi connectivity index (χ4v) is 5.05. The van der Waals surface area contributed by atoms with Crippen LogP contribution in [0.2, 0.25) is 5.02 Å². The standard InChI is InChI=1S/C21H25ClN2O4S/c1-28-20-8-4-16(5-9-20)14-23-21(25)18-10-12-24(13-11-18)29(26,27)15-17-2-6-19(22)7-3-17/h2-9,18H,10-15H2,1H3,(H,23,25). The van der Waals surface area contributed by atoms with Crippen LogP contribution in [-0.4, -0.2) is 38.8 Å². The van der Waals surface area contributed by atoms with E-state index >= 15 is 0 Å². The molecule has 2 aromatic carbocycles. The molecule has 1 aliphatic heterocycles. The number of rotatable bonds is 7. The van der Waals surface area contributed by atoms with Crippen molar-refractivity contribution in [3.8, 4) is 5.75 Å². The van der Waals surface area contributed by atoms with Crippen LogP contribution < -0.4 is 10.1 Å². The number of sulfonamides is 1. The van der Waals surface area contributed by atoms with Gasteiger partial charge < -0.3 is 10.1 Å². The third kappa shape index (κ3) is 5.95. The number of hydrogen-bond acceptors (Lipinski definition) is 4. The quantitative estimate of drug-likeness (QED) is 0.723. The topological polar surface area (TPSA) is 75.7 Å². The predicted molar refractivity (Wildman–Crippen MR) is 113 cm³/mol. The van der Waals surface area contributed by atoms with Crippen LogP contribution in [0, 0.1) is 5.92 Å². The summed E-state index contributed by atoms with van der Waals surface area (Å²) < 4.78 is 31.9. The molecule has 1 saturated heterocycles. The monoisotopic (exact) mass is 436 g/mol. The Morgan fingerprint density at radius 2 is 1.66 bits per heavy atom. The van der Waals surface area contributed by atoms with Gasteiger partial charge in [-0.25, -0.2) is 12.7 Å². The number of carbonyl (C=O) groups is 1. The van der Waals surface area contributed by atoms with Gasteiger partial charge in [0.05, 0.1) is 12.9 Å². The number of nitrogens with one attached hydrogen (secondary N) is 1. The minimum atomic E-state index is -3.41. The third-order valence-electron chi connectivity index (χ3n) is 5.11. The summed E-state index contributed by atoms with van der Waals surface area (Å²) in [4.78, 5) is 12.5. The summed E-state index contributed by atoms with van der Waals surface area (Å²) in [5.41, 5.74) is 1.69. The molecule has 0 spiro atoms. The normalized spacial score (nSPS) is 15.8. The first-order chi connectivity index (χ1) is 13.9. The van der Waals surface area contributed by atoms with Crippen LogP contribution in [0.25, 0.3) is 0 Å². The fourth-order valence-electron chi connectivity index (χ4n) is 3.36. The lowest BCUT2D eigenvalue weighted by Crippen LogP contribution is -2.43. The van der Waals surface area contributed by atoms with Crippen LogP contribution in [0.4, 0.5) is 0 Å². The number of benzene rings is 2. The second kappa shape index (κ2) is 9.61. The van der Waals surface area contributed by atoms with E-state index in [1.807, 2.05) is 24.3 Å². The Bertz CT molecular complexity index is 922. The summed E-state index contributed by atoms with van der Waals surface area (Å²) in [6.07, 6.45) is 1.04. The Morgan fingerprint density at radius 1 is 1.07 bits per heavy atom. The van der Waals surface area contributed by atoms with Crippen molar-refractivity contribution in [1.29, 1.82) is 0 Å². The molecule has 0 aromatic heterocycles. The molecule has 1 amide bonds. The van der Waals surface area contributed by atoms with Gasteiger partial charge in [0.15, 0.2) is 0 Å². The maximum atomic E-state index is 12.7. The number of piperidine rings is 1. The molecule has 0 aliphatic carbocycles. The van der Waals surface area contributed by atoms with Crippen molar-refractivity contribution >= 4 is 27.5 Å². The molecule has 29 heavy (non-hydrogen) atoms. The van der Waals surface area contributed by atoms with E-state index in [9.17, 15) is 13.2 Å². The van der Waals surface area contributed by atoms with E-state index in [0.717, 1.165) is 11.3 Å². The van der Waals surface area contributed by atoms with Crippen molar-refractivity contribution < 1.29 is 17.9 Å². The second-order valence-corrected chi connectivity index (χ2v) is 9.53. The molecule has 8 heteroatoms. The Morgan fingerprint density at radius 3 is 2.24 bits per heavy atom. The summed E-state index contributed by atoms with van der Waals surface area (Å²) in [6.45, 7) is 1.16. The zero-order valence-electron chi connectivity index (χ0n) is 16.3. The Hall–Kier alpha value is -2.09. The van der Waals surface area contributed by atoms with Gasteiger partial charge in [-0.15, -0.1) is 0 Å². The number of methoxy groups -OCH3 is 1. The number of ether oxygens (including phenoxy) is 1. The molecule has 0 atom stereocenters. The molecule has 0 unspecified atom stereocenters. The molecule has 1 fully saturated rings. The van der Waals surface area contributed by atoms with Gasteiger partial charge in [-0.05, 0) is 48.2 Å². The van der Waals surface area contributed by atoms with Gasteiger partial charge in [0.25, 0.3) is 0 Å². The summed E-state index contributed by atoms with van der Waals surface area (Å²) in [6, 6.07) is 14.3. The fraction of sp³-hybridized carbons (Fsp3) is 0.381. The first kappa shape index (κ1) is 21.6.